The molecule has 0 spiro atoms. The van der Waals surface area contributed by atoms with Crippen molar-refractivity contribution in [2.45, 2.75) is 0 Å². The van der Waals surface area contributed by atoms with Gasteiger partial charge in [0.2, 0.25) is 5.28 Å². The van der Waals surface area contributed by atoms with Crippen LogP contribution in [0.5, 0.6) is 0 Å². The van der Waals surface area contributed by atoms with Crippen LogP contribution in [0, 0.1) is 0 Å². The Morgan fingerprint density at radius 3 is 2.33 bits per heavy atom. The SMILES string of the molecule is Clc1ccc(-n2c(-c3ccccc3Cl)nc3cnc(Cl)nc32)cc1. The van der Waals surface area contributed by atoms with Crippen molar-refractivity contribution in [1.82, 2.24) is 19.5 Å². The van der Waals surface area contributed by atoms with Gasteiger partial charge < -0.3 is 0 Å². The van der Waals surface area contributed by atoms with Crippen LogP contribution in [-0.2, 0) is 0 Å². The van der Waals surface area contributed by atoms with Gasteiger partial charge in [0.1, 0.15) is 11.3 Å². The van der Waals surface area contributed by atoms with E-state index in [0.29, 0.717) is 27.0 Å². The van der Waals surface area contributed by atoms with Gasteiger partial charge in [-0.1, -0.05) is 35.3 Å². The van der Waals surface area contributed by atoms with Crippen molar-refractivity contribution in [2.24, 2.45) is 0 Å². The smallest absolute Gasteiger partial charge is 0.224 e. The van der Waals surface area contributed by atoms with Gasteiger partial charge in [0, 0.05) is 16.3 Å². The first kappa shape index (κ1) is 15.4. The lowest BCUT2D eigenvalue weighted by molar-refractivity contribution is 1.07. The fourth-order valence-electron chi connectivity index (χ4n) is 2.51. The van der Waals surface area contributed by atoms with Gasteiger partial charge in [0.05, 0.1) is 11.2 Å². The summed E-state index contributed by atoms with van der Waals surface area (Å²) >= 11 is 18.4. The van der Waals surface area contributed by atoms with E-state index in [1.165, 1.54) is 0 Å². The normalized spacial score (nSPS) is 11.1. The van der Waals surface area contributed by atoms with E-state index >= 15 is 0 Å². The van der Waals surface area contributed by atoms with Gasteiger partial charge in [-0.25, -0.2) is 9.97 Å². The molecule has 24 heavy (non-hydrogen) atoms. The molecule has 4 rings (SSSR count). The average Bonchev–Trinajstić information content (AvgIpc) is 2.94. The number of rotatable bonds is 2. The predicted octanol–water partition coefficient (Wildman–Crippen LogP) is 5.44. The lowest BCUT2D eigenvalue weighted by atomic mass is 10.2. The number of benzene rings is 2. The summed E-state index contributed by atoms with van der Waals surface area (Å²) in [5, 5.41) is 1.40. The van der Waals surface area contributed by atoms with Crippen molar-refractivity contribution >= 4 is 46.0 Å². The molecule has 0 radical (unpaired) electrons. The number of hydrogen-bond donors (Lipinski definition) is 0. The molecular formula is C17H9Cl3N4. The number of imidazole rings is 1. The summed E-state index contributed by atoms with van der Waals surface area (Å²) in [4.78, 5) is 13.0. The Bertz CT molecular complexity index is 1040. The Morgan fingerprint density at radius 1 is 0.833 bits per heavy atom. The summed E-state index contributed by atoms with van der Waals surface area (Å²) in [5.74, 6) is 0.662. The highest BCUT2D eigenvalue weighted by Crippen LogP contribution is 2.32. The van der Waals surface area contributed by atoms with E-state index < -0.39 is 0 Å². The molecule has 4 nitrogen and oxygen atoms in total. The number of hydrogen-bond acceptors (Lipinski definition) is 3. The molecule has 0 aliphatic carbocycles. The number of halogens is 3. The van der Waals surface area contributed by atoms with Gasteiger partial charge >= 0.3 is 0 Å². The second-order valence-electron chi connectivity index (χ2n) is 5.07. The lowest BCUT2D eigenvalue weighted by Crippen LogP contribution is -1.99. The summed E-state index contributed by atoms with van der Waals surface area (Å²) in [6.45, 7) is 0. The first-order valence-corrected chi connectivity index (χ1v) is 8.19. The Morgan fingerprint density at radius 2 is 1.58 bits per heavy atom. The summed E-state index contributed by atoms with van der Waals surface area (Å²) in [7, 11) is 0. The van der Waals surface area contributed by atoms with Gasteiger partial charge in [-0.15, -0.1) is 0 Å². The minimum Gasteiger partial charge on any atom is -0.277 e. The highest BCUT2D eigenvalue weighted by molar-refractivity contribution is 6.33. The van der Waals surface area contributed by atoms with Gasteiger partial charge in [0.25, 0.3) is 0 Å². The molecule has 0 aliphatic rings. The topological polar surface area (TPSA) is 43.6 Å². The molecule has 0 bridgehead atoms. The first-order valence-electron chi connectivity index (χ1n) is 7.05. The fraction of sp³-hybridized carbons (Fsp3) is 0. The molecule has 4 aromatic rings. The summed E-state index contributed by atoms with van der Waals surface area (Å²) in [5.41, 5.74) is 2.88. The highest BCUT2D eigenvalue weighted by Gasteiger charge is 2.18. The maximum atomic E-state index is 6.37. The number of aromatic nitrogens is 4. The summed E-state index contributed by atoms with van der Waals surface area (Å²) in [6, 6.07) is 14.9. The largest absolute Gasteiger partial charge is 0.277 e. The zero-order chi connectivity index (χ0) is 16.7. The monoisotopic (exact) mass is 374 g/mol. The second kappa shape index (κ2) is 6.06. The van der Waals surface area contributed by atoms with Gasteiger partial charge in [-0.05, 0) is 48.0 Å². The molecule has 2 heterocycles. The summed E-state index contributed by atoms with van der Waals surface area (Å²) in [6.07, 6.45) is 1.59. The molecule has 0 amide bonds. The maximum Gasteiger partial charge on any atom is 0.224 e. The third kappa shape index (κ3) is 2.63. The van der Waals surface area contributed by atoms with Crippen LogP contribution >= 0.6 is 34.8 Å². The third-order valence-corrected chi connectivity index (χ3v) is 4.33. The van der Waals surface area contributed by atoms with Crippen LogP contribution in [0.2, 0.25) is 15.3 Å². The van der Waals surface area contributed by atoms with Crippen molar-refractivity contribution in [3.8, 4) is 17.1 Å². The summed E-state index contributed by atoms with van der Waals surface area (Å²) < 4.78 is 1.89. The molecule has 2 aromatic carbocycles. The zero-order valence-corrected chi connectivity index (χ0v) is 14.4. The van der Waals surface area contributed by atoms with Crippen LogP contribution in [0.3, 0.4) is 0 Å². The molecule has 0 saturated heterocycles. The average molecular weight is 376 g/mol. The van der Waals surface area contributed by atoms with Crippen LogP contribution in [0.1, 0.15) is 0 Å². The van der Waals surface area contributed by atoms with Crippen molar-refractivity contribution < 1.29 is 0 Å². The van der Waals surface area contributed by atoms with E-state index in [-0.39, 0.29) is 5.28 Å². The molecule has 0 unspecified atom stereocenters. The minimum atomic E-state index is 0.156. The fourth-order valence-corrected chi connectivity index (χ4v) is 2.99. The second-order valence-corrected chi connectivity index (χ2v) is 6.26. The van der Waals surface area contributed by atoms with Crippen LogP contribution in [0.4, 0.5) is 0 Å². The Hall–Kier alpha value is -2.14. The molecule has 0 aliphatic heterocycles. The highest BCUT2D eigenvalue weighted by atomic mass is 35.5. The molecular weight excluding hydrogens is 367 g/mol. The van der Waals surface area contributed by atoms with Crippen molar-refractivity contribution in [2.75, 3.05) is 0 Å². The molecule has 0 atom stereocenters. The Kier molecular flexibility index (Phi) is 3.88. The Labute approximate surface area is 152 Å². The molecule has 0 saturated carbocycles. The van der Waals surface area contributed by atoms with Crippen LogP contribution < -0.4 is 0 Å². The van der Waals surface area contributed by atoms with Crippen molar-refractivity contribution in [1.29, 1.82) is 0 Å². The molecule has 7 heteroatoms. The predicted molar refractivity (Wildman–Crippen MR) is 97.1 cm³/mol. The van der Waals surface area contributed by atoms with Crippen LogP contribution in [0.15, 0.2) is 54.7 Å². The van der Waals surface area contributed by atoms with Crippen molar-refractivity contribution in [3.05, 3.63) is 70.1 Å². The molecule has 0 N–H and O–H groups in total. The van der Waals surface area contributed by atoms with E-state index in [1.807, 2.05) is 53.1 Å². The van der Waals surface area contributed by atoms with Gasteiger partial charge in [-0.3, -0.25) is 4.57 Å². The lowest BCUT2D eigenvalue weighted by Gasteiger charge is -2.10. The van der Waals surface area contributed by atoms with Crippen molar-refractivity contribution in [3.63, 3.8) is 0 Å². The maximum absolute atomic E-state index is 6.37. The standard InChI is InChI=1S/C17H9Cl3N4/c18-10-5-7-11(8-6-10)24-15(12-3-1-2-4-13(12)19)22-14-9-21-17(20)23-16(14)24/h1-9H. The zero-order valence-electron chi connectivity index (χ0n) is 12.1. The third-order valence-electron chi connectivity index (χ3n) is 3.57. The number of nitrogens with zero attached hydrogens (tertiary/aromatic N) is 4. The molecule has 118 valence electrons. The first-order chi connectivity index (χ1) is 11.6. The van der Waals surface area contributed by atoms with Crippen LogP contribution in [0.25, 0.3) is 28.2 Å². The molecule has 2 aromatic heterocycles. The van der Waals surface area contributed by atoms with E-state index in [4.69, 9.17) is 34.8 Å². The quantitative estimate of drug-likeness (QED) is 0.438. The Balaban J connectivity index is 2.08. The minimum absolute atomic E-state index is 0.156. The van der Waals surface area contributed by atoms with Gasteiger partial charge in [-0.2, -0.15) is 4.98 Å². The van der Waals surface area contributed by atoms with E-state index in [1.54, 1.807) is 6.20 Å². The van der Waals surface area contributed by atoms with E-state index in [9.17, 15) is 0 Å². The van der Waals surface area contributed by atoms with E-state index in [2.05, 4.69) is 15.0 Å². The van der Waals surface area contributed by atoms with E-state index in [0.717, 1.165) is 11.3 Å². The van der Waals surface area contributed by atoms with Crippen LogP contribution in [-0.4, -0.2) is 19.5 Å². The van der Waals surface area contributed by atoms with Gasteiger partial charge in [0.15, 0.2) is 5.65 Å². The molecule has 0 fully saturated rings. The number of fused-ring (bicyclic) bond motifs is 1.